The Labute approximate surface area is 222 Å². The molecule has 0 radical (unpaired) electrons. The molecule has 4 aromatic rings. The molecule has 194 valence electrons. The number of benzene rings is 3. The zero-order valence-corrected chi connectivity index (χ0v) is 22.1. The number of rotatable bonds is 5. The minimum absolute atomic E-state index is 0.0854. The van der Waals surface area contributed by atoms with E-state index in [1.165, 1.54) is 18.5 Å². The number of aromatic amines is 1. The van der Waals surface area contributed by atoms with Crippen molar-refractivity contribution in [2.75, 3.05) is 44.5 Å². The highest BCUT2D eigenvalue weighted by Gasteiger charge is 2.65. The van der Waals surface area contributed by atoms with Crippen LogP contribution in [0.25, 0.3) is 22.2 Å². The van der Waals surface area contributed by atoms with Gasteiger partial charge in [0, 0.05) is 47.4 Å². The summed E-state index contributed by atoms with van der Waals surface area (Å²) in [5.41, 5.74) is 6.94. The van der Waals surface area contributed by atoms with E-state index in [1.54, 1.807) is 7.11 Å². The fraction of sp³-hybridized carbons (Fsp3) is 0.355. The van der Waals surface area contributed by atoms with E-state index in [9.17, 15) is 4.79 Å². The first-order chi connectivity index (χ1) is 18.5. The van der Waals surface area contributed by atoms with Crippen molar-refractivity contribution in [2.24, 2.45) is 0 Å². The number of aromatic nitrogens is 2. The second-order valence-corrected chi connectivity index (χ2v) is 11.2. The van der Waals surface area contributed by atoms with Crippen LogP contribution in [-0.4, -0.2) is 61.3 Å². The van der Waals surface area contributed by atoms with Gasteiger partial charge >= 0.3 is 0 Å². The first-order valence-electron chi connectivity index (χ1n) is 13.5. The van der Waals surface area contributed by atoms with Crippen molar-refractivity contribution < 1.29 is 9.53 Å². The molecule has 1 amide bonds. The number of amides is 1. The highest BCUT2D eigenvalue weighted by molar-refractivity contribution is 6.10. The lowest BCUT2D eigenvalue weighted by atomic mass is 9.91. The van der Waals surface area contributed by atoms with Crippen LogP contribution in [0.5, 0.6) is 5.75 Å². The minimum atomic E-state index is -0.503. The number of carbonyl (C=O) groups excluding carboxylic acids is 1. The summed E-state index contributed by atoms with van der Waals surface area (Å²) in [5.74, 6) is 1.01. The zero-order chi connectivity index (χ0) is 26.0. The lowest BCUT2D eigenvalue weighted by Crippen LogP contribution is -2.41. The molecular formula is C31H33N5O2. The number of fused-ring (bicyclic) bond motifs is 3. The number of H-pyrrole nitrogens is 1. The summed E-state index contributed by atoms with van der Waals surface area (Å²) >= 11 is 0. The summed E-state index contributed by atoms with van der Waals surface area (Å²) in [7, 11) is 6.02. The fourth-order valence-electron chi connectivity index (χ4n) is 6.64. The lowest BCUT2D eigenvalue weighted by Gasteiger charge is -2.36. The van der Waals surface area contributed by atoms with Gasteiger partial charge < -0.3 is 19.9 Å². The number of nitrogens with zero attached hydrogens (tertiary/aromatic N) is 3. The predicted molar refractivity (Wildman–Crippen MR) is 151 cm³/mol. The Balaban J connectivity index is 1.12. The molecule has 3 aromatic carbocycles. The van der Waals surface area contributed by atoms with Gasteiger partial charge in [-0.15, -0.1) is 0 Å². The number of anilines is 2. The third-order valence-electron chi connectivity index (χ3n) is 9.01. The average Bonchev–Trinajstić information content (AvgIpc) is 3.47. The van der Waals surface area contributed by atoms with Crippen molar-refractivity contribution in [1.29, 1.82) is 0 Å². The second kappa shape index (κ2) is 8.60. The minimum Gasteiger partial charge on any atom is -0.497 e. The smallest absolute Gasteiger partial charge is 0.235 e. The van der Waals surface area contributed by atoms with Gasteiger partial charge in [-0.2, -0.15) is 5.10 Å². The van der Waals surface area contributed by atoms with Gasteiger partial charge in [0.15, 0.2) is 0 Å². The maximum absolute atomic E-state index is 13.1. The molecule has 1 aliphatic carbocycles. The van der Waals surface area contributed by atoms with Gasteiger partial charge in [-0.3, -0.25) is 9.89 Å². The summed E-state index contributed by atoms with van der Waals surface area (Å²) in [4.78, 5) is 17.9. The Morgan fingerprint density at radius 2 is 1.82 bits per heavy atom. The summed E-state index contributed by atoms with van der Waals surface area (Å²) in [6, 6.07) is 21.8. The molecule has 1 saturated carbocycles. The van der Waals surface area contributed by atoms with Crippen LogP contribution in [0.15, 0.2) is 60.7 Å². The van der Waals surface area contributed by atoms with Gasteiger partial charge in [0.2, 0.25) is 5.91 Å². The predicted octanol–water partition coefficient (Wildman–Crippen LogP) is 5.15. The number of nitrogens with one attached hydrogen (secondary N) is 2. The quantitative estimate of drug-likeness (QED) is 0.391. The second-order valence-electron chi connectivity index (χ2n) is 11.2. The monoisotopic (exact) mass is 507 g/mol. The van der Waals surface area contributed by atoms with Crippen molar-refractivity contribution in [3.63, 3.8) is 0 Å². The van der Waals surface area contributed by atoms with Gasteiger partial charge in [0.05, 0.1) is 23.7 Å². The normalized spacial score (nSPS) is 22.8. The topological polar surface area (TPSA) is 73.5 Å². The molecule has 7 heteroatoms. The van der Waals surface area contributed by atoms with E-state index in [0.29, 0.717) is 6.04 Å². The standard InChI is InChI=1S/C31H33N5O2/c1-35(2)21-12-14-36(15-13-21)22-7-4-19(5-8-22)29-24-10-6-20(16-28(24)33-34-29)26-18-31(26)25-17-23(38-3)9-11-27(25)32-30(31)37/h4-11,16-17,21,26H,12-15,18H2,1-3H3,(H,32,37)(H,33,34). The first kappa shape index (κ1) is 23.3. The van der Waals surface area contributed by atoms with Gasteiger partial charge in [-0.1, -0.05) is 24.3 Å². The summed E-state index contributed by atoms with van der Waals surface area (Å²) < 4.78 is 5.44. The fourth-order valence-corrected chi connectivity index (χ4v) is 6.64. The molecule has 2 N–H and O–H groups in total. The Kier molecular flexibility index (Phi) is 5.27. The SMILES string of the molecule is COc1ccc2c(c1)C1(CC1c1ccc3c(-c4ccc(N5CCC(N(C)C)CC5)cc4)n[nH]c3c1)C(=O)N2. The van der Waals surface area contributed by atoms with Crippen LogP contribution in [0.3, 0.4) is 0 Å². The van der Waals surface area contributed by atoms with Crippen molar-refractivity contribution in [3.05, 3.63) is 71.8 Å². The van der Waals surface area contributed by atoms with E-state index < -0.39 is 5.41 Å². The van der Waals surface area contributed by atoms with Crippen LogP contribution in [0.2, 0.25) is 0 Å². The van der Waals surface area contributed by atoms with Crippen LogP contribution >= 0.6 is 0 Å². The number of carbonyl (C=O) groups is 1. The van der Waals surface area contributed by atoms with E-state index >= 15 is 0 Å². The average molecular weight is 508 g/mol. The third-order valence-corrected chi connectivity index (χ3v) is 9.01. The van der Waals surface area contributed by atoms with E-state index in [1.807, 2.05) is 18.2 Å². The molecule has 1 saturated heterocycles. The largest absolute Gasteiger partial charge is 0.497 e. The van der Waals surface area contributed by atoms with E-state index in [-0.39, 0.29) is 11.8 Å². The summed E-state index contributed by atoms with van der Waals surface area (Å²) in [6.07, 6.45) is 3.20. The van der Waals surface area contributed by atoms with Crippen LogP contribution in [0.4, 0.5) is 11.4 Å². The number of methoxy groups -OCH3 is 1. The van der Waals surface area contributed by atoms with E-state index in [0.717, 1.165) is 64.2 Å². The Hall–Kier alpha value is -3.84. The Bertz CT molecular complexity index is 1530. The molecular weight excluding hydrogens is 474 g/mol. The highest BCUT2D eigenvalue weighted by Crippen LogP contribution is 2.65. The number of ether oxygens (including phenoxy) is 1. The van der Waals surface area contributed by atoms with Crippen molar-refractivity contribution in [3.8, 4) is 17.0 Å². The molecule has 1 aromatic heterocycles. The van der Waals surface area contributed by atoms with Crippen LogP contribution in [0.1, 0.15) is 36.3 Å². The van der Waals surface area contributed by atoms with Crippen molar-refractivity contribution in [1.82, 2.24) is 15.1 Å². The molecule has 0 bridgehead atoms. The van der Waals surface area contributed by atoms with Crippen LogP contribution in [0, 0.1) is 0 Å². The van der Waals surface area contributed by atoms with Crippen molar-refractivity contribution in [2.45, 2.75) is 36.6 Å². The van der Waals surface area contributed by atoms with Crippen LogP contribution < -0.4 is 15.0 Å². The molecule has 2 unspecified atom stereocenters. The first-order valence-corrected chi connectivity index (χ1v) is 13.5. The molecule has 38 heavy (non-hydrogen) atoms. The Morgan fingerprint density at radius 1 is 1.03 bits per heavy atom. The number of hydrogen-bond acceptors (Lipinski definition) is 5. The van der Waals surface area contributed by atoms with Gasteiger partial charge in [-0.25, -0.2) is 0 Å². The zero-order valence-electron chi connectivity index (χ0n) is 22.1. The molecule has 3 aliphatic rings. The lowest BCUT2D eigenvalue weighted by molar-refractivity contribution is -0.118. The van der Waals surface area contributed by atoms with Crippen LogP contribution in [-0.2, 0) is 10.2 Å². The van der Waals surface area contributed by atoms with Crippen molar-refractivity contribution >= 4 is 28.2 Å². The molecule has 7 rings (SSSR count). The molecule has 1 spiro atoms. The maximum Gasteiger partial charge on any atom is 0.235 e. The number of piperidine rings is 1. The molecule has 3 heterocycles. The highest BCUT2D eigenvalue weighted by atomic mass is 16.5. The summed E-state index contributed by atoms with van der Waals surface area (Å²) in [5, 5.41) is 12.1. The maximum atomic E-state index is 13.1. The molecule has 2 fully saturated rings. The summed E-state index contributed by atoms with van der Waals surface area (Å²) in [6.45, 7) is 2.18. The molecule has 2 aliphatic heterocycles. The van der Waals surface area contributed by atoms with E-state index in [2.05, 4.69) is 81.9 Å². The van der Waals surface area contributed by atoms with Gasteiger partial charge in [-0.05, 0) is 80.9 Å². The van der Waals surface area contributed by atoms with E-state index in [4.69, 9.17) is 4.74 Å². The third kappa shape index (κ3) is 3.52. The molecule has 2 atom stereocenters. The van der Waals surface area contributed by atoms with Gasteiger partial charge in [0.25, 0.3) is 0 Å². The molecule has 7 nitrogen and oxygen atoms in total. The van der Waals surface area contributed by atoms with Gasteiger partial charge in [0.1, 0.15) is 5.75 Å². The number of hydrogen-bond donors (Lipinski definition) is 2. The Morgan fingerprint density at radius 3 is 2.55 bits per heavy atom.